The van der Waals surface area contributed by atoms with Gasteiger partial charge in [-0.2, -0.15) is 0 Å². The van der Waals surface area contributed by atoms with Crippen molar-refractivity contribution in [2.45, 2.75) is 6.92 Å². The van der Waals surface area contributed by atoms with Crippen LogP contribution in [0.3, 0.4) is 0 Å². The second-order valence-corrected chi connectivity index (χ2v) is 6.24. The van der Waals surface area contributed by atoms with E-state index in [9.17, 15) is 0 Å². The summed E-state index contributed by atoms with van der Waals surface area (Å²) in [7, 11) is 0. The van der Waals surface area contributed by atoms with Crippen molar-refractivity contribution in [2.24, 2.45) is 0 Å². The number of anilines is 3. The van der Waals surface area contributed by atoms with Crippen molar-refractivity contribution < 1.29 is 0 Å². The molecule has 0 fully saturated rings. The molecule has 3 rings (SSSR count). The number of nitrogens with zero attached hydrogens (tertiary/aromatic N) is 1. The summed E-state index contributed by atoms with van der Waals surface area (Å²) in [5.74, 6) is 0. The molecule has 3 aromatic rings. The molecule has 0 radical (unpaired) electrons. The van der Waals surface area contributed by atoms with E-state index in [1.807, 2.05) is 24.3 Å². The number of nitrogens with one attached hydrogen (secondary N) is 1. The first kappa shape index (κ1) is 12.4. The van der Waals surface area contributed by atoms with Crippen molar-refractivity contribution in [1.29, 1.82) is 0 Å². The van der Waals surface area contributed by atoms with Crippen LogP contribution >= 0.6 is 27.3 Å². The lowest BCUT2D eigenvalue weighted by atomic mass is 10.2. The van der Waals surface area contributed by atoms with Gasteiger partial charge in [0, 0.05) is 10.2 Å². The van der Waals surface area contributed by atoms with Crippen LogP contribution in [0.1, 0.15) is 5.56 Å². The molecule has 0 aliphatic rings. The van der Waals surface area contributed by atoms with Gasteiger partial charge in [0.15, 0.2) is 5.13 Å². The summed E-state index contributed by atoms with van der Waals surface area (Å²) < 4.78 is 2.11. The summed E-state index contributed by atoms with van der Waals surface area (Å²) in [6.07, 6.45) is 0. The lowest BCUT2D eigenvalue weighted by Crippen LogP contribution is -1.91. The highest BCUT2D eigenvalue weighted by molar-refractivity contribution is 9.10. The molecular formula is C14H12BrN3S. The normalized spacial score (nSPS) is 10.8. The van der Waals surface area contributed by atoms with Crippen LogP contribution < -0.4 is 11.1 Å². The molecule has 3 nitrogen and oxygen atoms in total. The summed E-state index contributed by atoms with van der Waals surface area (Å²) in [4.78, 5) is 4.55. The Morgan fingerprint density at radius 1 is 1.21 bits per heavy atom. The monoisotopic (exact) mass is 333 g/mol. The van der Waals surface area contributed by atoms with E-state index in [-0.39, 0.29) is 0 Å². The molecule has 0 aliphatic carbocycles. The second-order valence-electron chi connectivity index (χ2n) is 4.35. The second kappa shape index (κ2) is 4.83. The van der Waals surface area contributed by atoms with Gasteiger partial charge in [0.25, 0.3) is 0 Å². The van der Waals surface area contributed by atoms with E-state index in [4.69, 9.17) is 5.73 Å². The standard InChI is InChI=1S/C14H12BrN3S/c1-8-2-4-10(15)12(6-8)18-14-17-11-5-3-9(16)7-13(11)19-14/h2-7H,16H2,1H3,(H,17,18). The number of aryl methyl sites for hydroxylation is 1. The van der Waals surface area contributed by atoms with Gasteiger partial charge in [-0.05, 0) is 58.7 Å². The Morgan fingerprint density at radius 2 is 2.05 bits per heavy atom. The number of fused-ring (bicyclic) bond motifs is 1. The smallest absolute Gasteiger partial charge is 0.188 e. The Kier molecular flexibility index (Phi) is 3.16. The van der Waals surface area contributed by atoms with Gasteiger partial charge < -0.3 is 11.1 Å². The molecule has 0 atom stereocenters. The molecule has 0 spiro atoms. The van der Waals surface area contributed by atoms with Gasteiger partial charge >= 0.3 is 0 Å². The van der Waals surface area contributed by atoms with Gasteiger partial charge in [0.2, 0.25) is 0 Å². The number of rotatable bonds is 2. The highest BCUT2D eigenvalue weighted by Gasteiger charge is 2.06. The Hall–Kier alpha value is -1.59. The number of halogens is 1. The minimum absolute atomic E-state index is 0.763. The first-order chi connectivity index (χ1) is 9.11. The van der Waals surface area contributed by atoms with Gasteiger partial charge in [0.1, 0.15) is 0 Å². The number of nitrogen functional groups attached to an aromatic ring is 1. The third kappa shape index (κ3) is 2.57. The van der Waals surface area contributed by atoms with Crippen molar-refractivity contribution in [3.63, 3.8) is 0 Å². The number of benzene rings is 2. The predicted octanol–water partition coefficient (Wildman–Crippen LogP) is 4.69. The lowest BCUT2D eigenvalue weighted by molar-refractivity contribution is 1.40. The third-order valence-electron chi connectivity index (χ3n) is 2.78. The summed E-state index contributed by atoms with van der Waals surface area (Å²) in [5, 5.41) is 4.21. The van der Waals surface area contributed by atoms with E-state index >= 15 is 0 Å². The molecule has 1 aromatic heterocycles. The van der Waals surface area contributed by atoms with Crippen molar-refractivity contribution in [1.82, 2.24) is 4.98 Å². The molecule has 0 aliphatic heterocycles. The van der Waals surface area contributed by atoms with E-state index in [0.717, 1.165) is 31.2 Å². The van der Waals surface area contributed by atoms with E-state index in [1.54, 1.807) is 11.3 Å². The topological polar surface area (TPSA) is 50.9 Å². The molecule has 0 unspecified atom stereocenters. The predicted molar refractivity (Wildman–Crippen MR) is 86.2 cm³/mol. The molecule has 0 saturated heterocycles. The largest absolute Gasteiger partial charge is 0.399 e. The lowest BCUT2D eigenvalue weighted by Gasteiger charge is -2.06. The Morgan fingerprint density at radius 3 is 2.89 bits per heavy atom. The van der Waals surface area contributed by atoms with Crippen molar-refractivity contribution >= 4 is 54.0 Å². The first-order valence-electron chi connectivity index (χ1n) is 5.81. The fourth-order valence-electron chi connectivity index (χ4n) is 1.84. The maximum atomic E-state index is 5.78. The van der Waals surface area contributed by atoms with Crippen molar-refractivity contribution in [3.8, 4) is 0 Å². The maximum Gasteiger partial charge on any atom is 0.188 e. The summed E-state index contributed by atoms with van der Waals surface area (Å²) in [6.45, 7) is 2.07. The minimum atomic E-state index is 0.763. The van der Waals surface area contributed by atoms with Gasteiger partial charge in [0.05, 0.1) is 15.9 Å². The molecule has 19 heavy (non-hydrogen) atoms. The number of aromatic nitrogens is 1. The van der Waals surface area contributed by atoms with Crippen LogP contribution in [0, 0.1) is 6.92 Å². The van der Waals surface area contributed by atoms with Gasteiger partial charge in [-0.25, -0.2) is 4.98 Å². The quantitative estimate of drug-likeness (QED) is 0.668. The average Bonchev–Trinajstić information content (AvgIpc) is 2.75. The summed E-state index contributed by atoms with van der Waals surface area (Å²) in [6, 6.07) is 11.9. The molecule has 1 heterocycles. The Balaban J connectivity index is 1.98. The molecule has 96 valence electrons. The molecule has 2 aromatic carbocycles. The zero-order valence-corrected chi connectivity index (χ0v) is 12.7. The van der Waals surface area contributed by atoms with Crippen LogP contribution in [0.15, 0.2) is 40.9 Å². The number of hydrogen-bond acceptors (Lipinski definition) is 4. The fourth-order valence-corrected chi connectivity index (χ4v) is 3.12. The minimum Gasteiger partial charge on any atom is -0.399 e. The molecular weight excluding hydrogens is 322 g/mol. The molecule has 0 bridgehead atoms. The number of hydrogen-bond donors (Lipinski definition) is 2. The molecule has 5 heteroatoms. The highest BCUT2D eigenvalue weighted by atomic mass is 79.9. The molecule has 0 amide bonds. The zero-order valence-electron chi connectivity index (χ0n) is 10.3. The molecule has 0 saturated carbocycles. The van der Waals surface area contributed by atoms with E-state index in [0.29, 0.717) is 0 Å². The van der Waals surface area contributed by atoms with Crippen LogP contribution in [-0.2, 0) is 0 Å². The number of thiazole rings is 1. The van der Waals surface area contributed by atoms with Gasteiger partial charge in [-0.15, -0.1) is 0 Å². The van der Waals surface area contributed by atoms with Crippen molar-refractivity contribution in [3.05, 3.63) is 46.4 Å². The molecule has 3 N–H and O–H groups in total. The zero-order chi connectivity index (χ0) is 13.4. The Labute approximate surface area is 123 Å². The Bertz CT molecular complexity index is 752. The van der Waals surface area contributed by atoms with Gasteiger partial charge in [-0.1, -0.05) is 17.4 Å². The van der Waals surface area contributed by atoms with Crippen molar-refractivity contribution in [2.75, 3.05) is 11.1 Å². The van der Waals surface area contributed by atoms with Crippen LogP contribution in [0.25, 0.3) is 10.2 Å². The highest BCUT2D eigenvalue weighted by Crippen LogP contribution is 2.32. The van der Waals surface area contributed by atoms with E-state index in [1.165, 1.54) is 5.56 Å². The first-order valence-corrected chi connectivity index (χ1v) is 7.42. The van der Waals surface area contributed by atoms with E-state index in [2.05, 4.69) is 45.3 Å². The van der Waals surface area contributed by atoms with Gasteiger partial charge in [-0.3, -0.25) is 0 Å². The number of nitrogens with two attached hydrogens (primary N) is 1. The SMILES string of the molecule is Cc1ccc(Br)c(Nc2nc3ccc(N)cc3s2)c1. The third-order valence-corrected chi connectivity index (χ3v) is 4.40. The average molecular weight is 334 g/mol. The summed E-state index contributed by atoms with van der Waals surface area (Å²) >= 11 is 5.14. The van der Waals surface area contributed by atoms with Crippen LogP contribution in [0.5, 0.6) is 0 Å². The summed E-state index contributed by atoms with van der Waals surface area (Å²) in [5.41, 5.74) is 9.73. The van der Waals surface area contributed by atoms with Crippen LogP contribution in [0.4, 0.5) is 16.5 Å². The van der Waals surface area contributed by atoms with Crippen LogP contribution in [0.2, 0.25) is 0 Å². The van der Waals surface area contributed by atoms with Crippen LogP contribution in [-0.4, -0.2) is 4.98 Å². The van der Waals surface area contributed by atoms with E-state index < -0.39 is 0 Å². The maximum absolute atomic E-state index is 5.78. The fraction of sp³-hybridized carbons (Fsp3) is 0.0714.